The Morgan fingerprint density at radius 1 is 1.56 bits per heavy atom. The fourth-order valence-corrected chi connectivity index (χ4v) is 0.393. The second kappa shape index (κ2) is 3.51. The van der Waals surface area contributed by atoms with E-state index in [2.05, 4.69) is 0 Å². The molecule has 0 heterocycles. The number of likely N-dealkylation sites (N-methyl/N-ethyl adjacent to an activating group) is 1. The summed E-state index contributed by atoms with van der Waals surface area (Å²) >= 11 is 5.43. The van der Waals surface area contributed by atoms with E-state index in [0.717, 1.165) is 0 Å². The van der Waals surface area contributed by atoms with E-state index in [0.29, 0.717) is 5.03 Å². The SMILES string of the molecule is CC(Cl)=CC(=O)N(C)C. The lowest BCUT2D eigenvalue weighted by molar-refractivity contribution is -0.123. The topological polar surface area (TPSA) is 20.3 Å². The Bertz CT molecular complexity index is 136. The highest BCUT2D eigenvalue weighted by molar-refractivity contribution is 6.30. The van der Waals surface area contributed by atoms with Crippen molar-refractivity contribution in [3.8, 4) is 0 Å². The van der Waals surface area contributed by atoms with Crippen molar-refractivity contribution in [2.75, 3.05) is 14.1 Å². The lowest BCUT2D eigenvalue weighted by Crippen LogP contribution is -2.18. The zero-order chi connectivity index (χ0) is 7.44. The third-order valence-electron chi connectivity index (χ3n) is 0.763. The first kappa shape index (κ1) is 8.50. The van der Waals surface area contributed by atoms with Crippen LogP contribution >= 0.6 is 11.6 Å². The molecular weight excluding hydrogens is 138 g/mol. The van der Waals surface area contributed by atoms with E-state index in [-0.39, 0.29) is 5.91 Å². The molecule has 0 bridgehead atoms. The van der Waals surface area contributed by atoms with Crippen LogP contribution in [0.4, 0.5) is 0 Å². The predicted molar refractivity (Wildman–Crippen MR) is 38.3 cm³/mol. The molecule has 0 saturated heterocycles. The summed E-state index contributed by atoms with van der Waals surface area (Å²) in [6, 6.07) is 0. The smallest absolute Gasteiger partial charge is 0.247 e. The Hall–Kier alpha value is -0.500. The van der Waals surface area contributed by atoms with E-state index < -0.39 is 0 Å². The van der Waals surface area contributed by atoms with Gasteiger partial charge in [-0.2, -0.15) is 0 Å². The Labute approximate surface area is 60.1 Å². The van der Waals surface area contributed by atoms with Gasteiger partial charge in [-0.05, 0) is 6.92 Å². The third-order valence-corrected chi connectivity index (χ3v) is 0.872. The number of rotatable bonds is 1. The molecule has 0 aromatic rings. The third kappa shape index (κ3) is 4.03. The fourth-order valence-electron chi connectivity index (χ4n) is 0.299. The van der Waals surface area contributed by atoms with Gasteiger partial charge in [0, 0.05) is 25.2 Å². The molecule has 0 radical (unpaired) electrons. The molecule has 0 aromatic carbocycles. The number of carbonyl (C=O) groups is 1. The van der Waals surface area contributed by atoms with E-state index in [4.69, 9.17) is 11.6 Å². The van der Waals surface area contributed by atoms with Crippen LogP contribution in [0.2, 0.25) is 0 Å². The van der Waals surface area contributed by atoms with Crippen molar-refractivity contribution in [1.29, 1.82) is 0 Å². The summed E-state index contributed by atoms with van der Waals surface area (Å²) < 4.78 is 0. The highest BCUT2D eigenvalue weighted by Crippen LogP contribution is 1.97. The van der Waals surface area contributed by atoms with Gasteiger partial charge in [0.2, 0.25) is 5.91 Å². The molecule has 3 heteroatoms. The van der Waals surface area contributed by atoms with Crippen LogP contribution in [0.25, 0.3) is 0 Å². The van der Waals surface area contributed by atoms with Crippen molar-refractivity contribution in [3.05, 3.63) is 11.1 Å². The van der Waals surface area contributed by atoms with Gasteiger partial charge in [-0.3, -0.25) is 4.79 Å². The van der Waals surface area contributed by atoms with Crippen molar-refractivity contribution >= 4 is 17.5 Å². The number of amides is 1. The summed E-state index contributed by atoms with van der Waals surface area (Å²) in [5.41, 5.74) is 0. The summed E-state index contributed by atoms with van der Waals surface area (Å²) in [5, 5.41) is 0.508. The minimum atomic E-state index is -0.0810. The minimum Gasteiger partial charge on any atom is -0.345 e. The molecule has 0 aromatic heterocycles. The maximum Gasteiger partial charge on any atom is 0.247 e. The molecule has 0 atom stereocenters. The summed E-state index contributed by atoms with van der Waals surface area (Å²) in [6.07, 6.45) is 1.38. The van der Waals surface area contributed by atoms with Crippen molar-refractivity contribution in [2.45, 2.75) is 6.92 Å². The van der Waals surface area contributed by atoms with Crippen LogP contribution in [-0.4, -0.2) is 24.9 Å². The number of halogens is 1. The highest BCUT2D eigenvalue weighted by atomic mass is 35.5. The molecular formula is C6H10ClNO. The summed E-state index contributed by atoms with van der Waals surface area (Å²) in [6.45, 7) is 1.67. The van der Waals surface area contributed by atoms with E-state index in [1.165, 1.54) is 11.0 Å². The molecule has 0 aliphatic heterocycles. The van der Waals surface area contributed by atoms with Gasteiger partial charge in [0.15, 0.2) is 0 Å². The van der Waals surface area contributed by atoms with Gasteiger partial charge in [0.25, 0.3) is 0 Å². The molecule has 0 aliphatic carbocycles. The second-order valence-corrected chi connectivity index (χ2v) is 2.56. The van der Waals surface area contributed by atoms with Gasteiger partial charge in [-0.15, -0.1) is 0 Å². The van der Waals surface area contributed by atoms with Crippen LogP contribution in [-0.2, 0) is 4.79 Å². The number of nitrogens with zero attached hydrogens (tertiary/aromatic N) is 1. The molecule has 0 spiro atoms. The molecule has 0 fully saturated rings. The van der Waals surface area contributed by atoms with E-state index in [9.17, 15) is 4.79 Å². The lowest BCUT2D eigenvalue weighted by Gasteiger charge is -2.04. The largest absolute Gasteiger partial charge is 0.345 e. The molecule has 0 rings (SSSR count). The molecule has 0 N–H and O–H groups in total. The van der Waals surface area contributed by atoms with Crippen LogP contribution < -0.4 is 0 Å². The van der Waals surface area contributed by atoms with Crippen molar-refractivity contribution in [3.63, 3.8) is 0 Å². The predicted octanol–water partition coefficient (Wildman–Crippen LogP) is 1.22. The van der Waals surface area contributed by atoms with Gasteiger partial charge in [-0.25, -0.2) is 0 Å². The highest BCUT2D eigenvalue weighted by Gasteiger charge is 1.96. The van der Waals surface area contributed by atoms with Crippen LogP contribution in [0.3, 0.4) is 0 Å². The second-order valence-electron chi connectivity index (χ2n) is 1.96. The Morgan fingerprint density at radius 2 is 2.00 bits per heavy atom. The lowest BCUT2D eigenvalue weighted by atomic mass is 10.5. The van der Waals surface area contributed by atoms with Crippen molar-refractivity contribution < 1.29 is 4.79 Å². The number of hydrogen-bond acceptors (Lipinski definition) is 1. The first-order valence-corrected chi connectivity index (χ1v) is 2.97. The fraction of sp³-hybridized carbons (Fsp3) is 0.500. The minimum absolute atomic E-state index is 0.0810. The van der Waals surface area contributed by atoms with Gasteiger partial charge < -0.3 is 4.90 Å². The first-order chi connectivity index (χ1) is 4.04. The molecule has 0 unspecified atom stereocenters. The van der Waals surface area contributed by atoms with Gasteiger partial charge in [0.05, 0.1) is 0 Å². The number of allylic oxidation sites excluding steroid dienone is 1. The van der Waals surface area contributed by atoms with E-state index >= 15 is 0 Å². The molecule has 1 amide bonds. The van der Waals surface area contributed by atoms with Crippen LogP contribution in [0.5, 0.6) is 0 Å². The average Bonchev–Trinajstić information content (AvgIpc) is 1.63. The van der Waals surface area contributed by atoms with Crippen molar-refractivity contribution in [2.24, 2.45) is 0 Å². The van der Waals surface area contributed by atoms with Crippen LogP contribution in [0.1, 0.15) is 6.92 Å². The zero-order valence-corrected chi connectivity index (χ0v) is 6.57. The van der Waals surface area contributed by atoms with Gasteiger partial charge in [0.1, 0.15) is 0 Å². The number of carbonyl (C=O) groups excluding carboxylic acids is 1. The van der Waals surface area contributed by atoms with Crippen LogP contribution in [0.15, 0.2) is 11.1 Å². The summed E-state index contributed by atoms with van der Waals surface area (Å²) in [4.78, 5) is 12.2. The van der Waals surface area contributed by atoms with Crippen molar-refractivity contribution in [1.82, 2.24) is 4.90 Å². The average molecular weight is 148 g/mol. The number of hydrogen-bond donors (Lipinski definition) is 0. The summed E-state index contributed by atoms with van der Waals surface area (Å²) in [7, 11) is 3.36. The first-order valence-electron chi connectivity index (χ1n) is 2.59. The molecule has 2 nitrogen and oxygen atoms in total. The van der Waals surface area contributed by atoms with Gasteiger partial charge >= 0.3 is 0 Å². The Balaban J connectivity index is 3.93. The Morgan fingerprint density at radius 3 is 2.11 bits per heavy atom. The van der Waals surface area contributed by atoms with E-state index in [1.807, 2.05) is 0 Å². The van der Waals surface area contributed by atoms with Crippen LogP contribution in [0, 0.1) is 0 Å². The maximum absolute atomic E-state index is 10.7. The normalized spacial score (nSPS) is 11.3. The molecule has 0 saturated carbocycles. The Kier molecular flexibility index (Phi) is 3.32. The maximum atomic E-state index is 10.7. The quantitative estimate of drug-likeness (QED) is 0.511. The molecule has 52 valence electrons. The summed E-state index contributed by atoms with van der Waals surface area (Å²) in [5.74, 6) is -0.0810. The van der Waals surface area contributed by atoms with Gasteiger partial charge in [-0.1, -0.05) is 11.6 Å². The monoisotopic (exact) mass is 147 g/mol. The molecule has 0 aliphatic rings. The molecule has 9 heavy (non-hydrogen) atoms. The zero-order valence-electron chi connectivity index (χ0n) is 5.81. The standard InChI is InChI=1S/C6H10ClNO/c1-5(7)4-6(9)8(2)3/h4H,1-3H3. The van der Waals surface area contributed by atoms with E-state index in [1.54, 1.807) is 21.0 Å².